The maximum absolute atomic E-state index is 11.3. The number of carbonyl (C=O) groups excluding carboxylic acids is 1. The zero-order valence-electron chi connectivity index (χ0n) is 9.48. The number of amides is 1. The number of hydrogen-bond donors (Lipinski definition) is 4. The molecule has 0 fully saturated rings. The number of carbonyl (C=O) groups is 2. The van der Waals surface area contributed by atoms with Crippen molar-refractivity contribution in [2.45, 2.75) is 44.8 Å². The number of unbranched alkanes of at least 4 members (excludes halogenated alkanes) is 1. The molecule has 0 radical (unpaired) electrons. The highest BCUT2D eigenvalue weighted by molar-refractivity contribution is 5.81. The fraction of sp³-hybridized carbons (Fsp3) is 0.800. The average Bonchev–Trinajstić information content (AvgIpc) is 2.25. The van der Waals surface area contributed by atoms with Crippen LogP contribution < -0.4 is 11.1 Å². The van der Waals surface area contributed by atoms with Gasteiger partial charge < -0.3 is 21.3 Å². The Labute approximate surface area is 94.8 Å². The molecule has 0 aliphatic heterocycles. The van der Waals surface area contributed by atoms with E-state index in [4.69, 9.17) is 15.9 Å². The van der Waals surface area contributed by atoms with Gasteiger partial charge in [-0.1, -0.05) is 19.8 Å². The zero-order valence-corrected chi connectivity index (χ0v) is 9.48. The van der Waals surface area contributed by atoms with Gasteiger partial charge >= 0.3 is 5.97 Å². The van der Waals surface area contributed by atoms with Crippen LogP contribution in [-0.4, -0.2) is 40.8 Å². The standard InChI is InChI=1S/C10H20N2O4/c1-2-3-4-7(11)9(14)12-6-5-8(13)10(15)16/h7-8,13H,2-6,11H2,1H3,(H,12,14)(H,15,16). The van der Waals surface area contributed by atoms with E-state index in [1.165, 1.54) is 0 Å². The van der Waals surface area contributed by atoms with Gasteiger partial charge in [0.25, 0.3) is 0 Å². The molecule has 6 heteroatoms. The molecule has 0 bridgehead atoms. The second kappa shape index (κ2) is 8.06. The van der Waals surface area contributed by atoms with Gasteiger partial charge in [0.2, 0.25) is 5.91 Å². The lowest BCUT2D eigenvalue weighted by atomic mass is 10.1. The van der Waals surface area contributed by atoms with E-state index in [0.29, 0.717) is 6.42 Å². The normalized spacial score (nSPS) is 14.2. The van der Waals surface area contributed by atoms with Crippen molar-refractivity contribution in [1.29, 1.82) is 0 Å². The summed E-state index contributed by atoms with van der Waals surface area (Å²) in [5.74, 6) is -1.59. The van der Waals surface area contributed by atoms with Crippen molar-refractivity contribution in [2.24, 2.45) is 5.73 Å². The summed E-state index contributed by atoms with van der Waals surface area (Å²) in [6.45, 7) is 2.12. The second-order valence-electron chi connectivity index (χ2n) is 3.68. The number of hydrogen-bond acceptors (Lipinski definition) is 4. The topological polar surface area (TPSA) is 113 Å². The highest BCUT2D eigenvalue weighted by atomic mass is 16.4. The molecule has 2 atom stereocenters. The number of aliphatic hydroxyl groups is 1. The summed E-state index contributed by atoms with van der Waals surface area (Å²) in [5, 5.41) is 19.8. The Morgan fingerprint density at radius 3 is 2.50 bits per heavy atom. The van der Waals surface area contributed by atoms with Crippen LogP contribution >= 0.6 is 0 Å². The molecule has 0 rings (SSSR count). The van der Waals surface area contributed by atoms with E-state index >= 15 is 0 Å². The number of carboxylic acid groups (broad SMARTS) is 1. The molecule has 0 saturated heterocycles. The van der Waals surface area contributed by atoms with Gasteiger partial charge in [-0.2, -0.15) is 0 Å². The van der Waals surface area contributed by atoms with Gasteiger partial charge in [0.1, 0.15) is 0 Å². The van der Waals surface area contributed by atoms with Gasteiger partial charge in [-0.3, -0.25) is 4.79 Å². The number of aliphatic hydroxyl groups excluding tert-OH is 1. The highest BCUT2D eigenvalue weighted by Gasteiger charge is 2.15. The number of carboxylic acids is 1. The van der Waals surface area contributed by atoms with E-state index in [-0.39, 0.29) is 18.9 Å². The van der Waals surface area contributed by atoms with Gasteiger partial charge in [-0.05, 0) is 6.42 Å². The van der Waals surface area contributed by atoms with E-state index in [1.807, 2.05) is 6.92 Å². The minimum Gasteiger partial charge on any atom is -0.479 e. The molecule has 0 spiro atoms. The van der Waals surface area contributed by atoms with Gasteiger partial charge in [-0.25, -0.2) is 4.79 Å². The Morgan fingerprint density at radius 2 is 2.00 bits per heavy atom. The van der Waals surface area contributed by atoms with Crippen LogP contribution in [-0.2, 0) is 9.59 Å². The SMILES string of the molecule is CCCCC(N)C(=O)NCCC(O)C(=O)O. The van der Waals surface area contributed by atoms with E-state index in [2.05, 4.69) is 5.32 Å². The van der Waals surface area contributed by atoms with Crippen LogP contribution in [0.2, 0.25) is 0 Å². The zero-order chi connectivity index (χ0) is 12.6. The Morgan fingerprint density at radius 1 is 1.38 bits per heavy atom. The van der Waals surface area contributed by atoms with Crippen molar-refractivity contribution in [3.8, 4) is 0 Å². The summed E-state index contributed by atoms with van der Waals surface area (Å²) in [4.78, 5) is 21.6. The molecule has 0 saturated carbocycles. The van der Waals surface area contributed by atoms with Gasteiger partial charge in [0.15, 0.2) is 6.10 Å². The van der Waals surface area contributed by atoms with Crippen LogP contribution in [0.3, 0.4) is 0 Å². The maximum atomic E-state index is 11.3. The Bertz CT molecular complexity index is 233. The fourth-order valence-corrected chi connectivity index (χ4v) is 1.14. The van der Waals surface area contributed by atoms with Crippen LogP contribution in [0, 0.1) is 0 Å². The molecular weight excluding hydrogens is 212 g/mol. The number of aliphatic carboxylic acids is 1. The van der Waals surface area contributed by atoms with Crippen LogP contribution in [0.5, 0.6) is 0 Å². The smallest absolute Gasteiger partial charge is 0.332 e. The first-order chi connectivity index (χ1) is 7.49. The summed E-state index contributed by atoms with van der Waals surface area (Å²) in [6, 6.07) is -0.554. The Balaban J connectivity index is 3.68. The van der Waals surface area contributed by atoms with E-state index in [0.717, 1.165) is 12.8 Å². The minimum atomic E-state index is -1.44. The average molecular weight is 232 g/mol. The predicted molar refractivity (Wildman–Crippen MR) is 58.8 cm³/mol. The number of rotatable bonds is 8. The molecule has 0 aliphatic rings. The van der Waals surface area contributed by atoms with E-state index in [1.54, 1.807) is 0 Å². The lowest BCUT2D eigenvalue weighted by Crippen LogP contribution is -2.41. The summed E-state index contributed by atoms with van der Waals surface area (Å²) >= 11 is 0. The second-order valence-corrected chi connectivity index (χ2v) is 3.68. The quantitative estimate of drug-likeness (QED) is 0.449. The molecule has 94 valence electrons. The van der Waals surface area contributed by atoms with Crippen LogP contribution in [0.4, 0.5) is 0 Å². The van der Waals surface area contributed by atoms with Crippen molar-refractivity contribution in [3.63, 3.8) is 0 Å². The van der Waals surface area contributed by atoms with Gasteiger partial charge in [0.05, 0.1) is 6.04 Å². The summed E-state index contributed by atoms with van der Waals surface area (Å²) in [6.07, 6.45) is 1.02. The summed E-state index contributed by atoms with van der Waals surface area (Å²) in [5.41, 5.74) is 5.59. The first-order valence-corrected chi connectivity index (χ1v) is 5.43. The molecule has 0 aromatic carbocycles. The molecule has 5 N–H and O–H groups in total. The minimum absolute atomic E-state index is 0.0123. The van der Waals surface area contributed by atoms with Gasteiger partial charge in [-0.15, -0.1) is 0 Å². The third-order valence-electron chi connectivity index (χ3n) is 2.21. The number of nitrogens with one attached hydrogen (secondary N) is 1. The molecule has 16 heavy (non-hydrogen) atoms. The fourth-order valence-electron chi connectivity index (χ4n) is 1.14. The van der Waals surface area contributed by atoms with Crippen molar-refractivity contribution >= 4 is 11.9 Å². The van der Waals surface area contributed by atoms with Crippen LogP contribution in [0.25, 0.3) is 0 Å². The molecule has 6 nitrogen and oxygen atoms in total. The number of nitrogens with two attached hydrogens (primary N) is 1. The van der Waals surface area contributed by atoms with Crippen molar-refractivity contribution in [1.82, 2.24) is 5.32 Å². The summed E-state index contributed by atoms with van der Waals surface area (Å²) in [7, 11) is 0. The highest BCUT2D eigenvalue weighted by Crippen LogP contribution is 1.98. The van der Waals surface area contributed by atoms with Crippen molar-refractivity contribution < 1.29 is 19.8 Å². The van der Waals surface area contributed by atoms with E-state index in [9.17, 15) is 9.59 Å². The largest absolute Gasteiger partial charge is 0.479 e. The first kappa shape index (κ1) is 14.9. The predicted octanol–water partition coefficient (Wildman–Crippen LogP) is -0.544. The van der Waals surface area contributed by atoms with Gasteiger partial charge in [0, 0.05) is 13.0 Å². The van der Waals surface area contributed by atoms with Crippen molar-refractivity contribution in [2.75, 3.05) is 6.54 Å². The molecule has 2 unspecified atom stereocenters. The molecule has 0 aromatic rings. The lowest BCUT2D eigenvalue weighted by molar-refractivity contribution is -0.147. The Hall–Kier alpha value is -1.14. The van der Waals surface area contributed by atoms with Crippen LogP contribution in [0.1, 0.15) is 32.6 Å². The molecule has 1 amide bonds. The lowest BCUT2D eigenvalue weighted by Gasteiger charge is -2.12. The summed E-state index contributed by atoms with van der Waals surface area (Å²) < 4.78 is 0. The maximum Gasteiger partial charge on any atom is 0.332 e. The van der Waals surface area contributed by atoms with Crippen LogP contribution in [0.15, 0.2) is 0 Å². The molecule has 0 heterocycles. The third-order valence-corrected chi connectivity index (χ3v) is 2.21. The monoisotopic (exact) mass is 232 g/mol. The first-order valence-electron chi connectivity index (χ1n) is 5.43. The third kappa shape index (κ3) is 6.36. The molecule has 0 aliphatic carbocycles. The molecular formula is C10H20N2O4. The van der Waals surface area contributed by atoms with Crippen molar-refractivity contribution in [3.05, 3.63) is 0 Å². The molecule has 0 aromatic heterocycles. The Kier molecular flexibility index (Phi) is 7.49. The van der Waals surface area contributed by atoms with E-state index < -0.39 is 18.1 Å².